The van der Waals surface area contributed by atoms with Crippen molar-refractivity contribution in [3.05, 3.63) is 0 Å². The molecule has 0 aliphatic carbocycles. The lowest BCUT2D eigenvalue weighted by Crippen LogP contribution is -2.54. The van der Waals surface area contributed by atoms with Crippen LogP contribution in [0.3, 0.4) is 0 Å². The van der Waals surface area contributed by atoms with Crippen molar-refractivity contribution in [1.82, 2.24) is 4.90 Å². The second kappa shape index (κ2) is 4.63. The van der Waals surface area contributed by atoms with Gasteiger partial charge in [-0.3, -0.25) is 4.90 Å². The van der Waals surface area contributed by atoms with Gasteiger partial charge in [-0.1, -0.05) is 13.8 Å². The van der Waals surface area contributed by atoms with Crippen LogP contribution in [-0.4, -0.2) is 47.4 Å². The summed E-state index contributed by atoms with van der Waals surface area (Å²) in [7, 11) is 0. The highest BCUT2D eigenvalue weighted by molar-refractivity contribution is 4.87. The van der Waals surface area contributed by atoms with Crippen molar-refractivity contribution in [2.24, 2.45) is 5.41 Å². The fraction of sp³-hybridized carbons (Fsp3) is 1.00. The average molecular weight is 229 g/mol. The van der Waals surface area contributed by atoms with E-state index in [9.17, 15) is 5.11 Å². The zero-order valence-corrected chi connectivity index (χ0v) is 11.6. The van der Waals surface area contributed by atoms with Gasteiger partial charge in [-0.25, -0.2) is 0 Å². The molecule has 2 unspecified atom stereocenters. The molecule has 2 atom stereocenters. The van der Waals surface area contributed by atoms with E-state index in [0.717, 1.165) is 19.6 Å². The Bertz CT molecular complexity index is 236. The summed E-state index contributed by atoms with van der Waals surface area (Å²) in [5, 5.41) is 9.75. The van der Waals surface area contributed by atoms with Gasteiger partial charge in [0.2, 0.25) is 0 Å². The molecule has 1 heterocycles. The lowest BCUT2D eigenvalue weighted by atomic mass is 9.86. The molecule has 0 bridgehead atoms. The lowest BCUT2D eigenvalue weighted by Gasteiger charge is -2.45. The van der Waals surface area contributed by atoms with E-state index in [1.54, 1.807) is 0 Å². The van der Waals surface area contributed by atoms with Gasteiger partial charge in [0.05, 0.1) is 17.8 Å². The summed E-state index contributed by atoms with van der Waals surface area (Å²) in [5.74, 6) is 0. The molecule has 0 aromatic carbocycles. The molecule has 1 fully saturated rings. The van der Waals surface area contributed by atoms with Crippen molar-refractivity contribution in [3.8, 4) is 0 Å². The molecular formula is C13H27NO2. The number of aliphatic hydroxyl groups excluding tert-OH is 1. The Morgan fingerprint density at radius 3 is 2.50 bits per heavy atom. The van der Waals surface area contributed by atoms with Crippen LogP contribution in [0, 0.1) is 5.41 Å². The highest BCUT2D eigenvalue weighted by Crippen LogP contribution is 2.27. The van der Waals surface area contributed by atoms with E-state index in [0.29, 0.717) is 0 Å². The first-order chi connectivity index (χ1) is 7.12. The molecule has 0 radical (unpaired) electrons. The predicted molar refractivity (Wildman–Crippen MR) is 66.5 cm³/mol. The minimum atomic E-state index is -0.284. The van der Waals surface area contributed by atoms with Crippen molar-refractivity contribution in [1.29, 1.82) is 0 Å². The highest BCUT2D eigenvalue weighted by atomic mass is 16.5. The van der Waals surface area contributed by atoms with Crippen LogP contribution in [0.4, 0.5) is 0 Å². The van der Waals surface area contributed by atoms with Gasteiger partial charge in [-0.15, -0.1) is 0 Å². The van der Waals surface area contributed by atoms with Gasteiger partial charge in [-0.2, -0.15) is 0 Å². The van der Waals surface area contributed by atoms with Crippen LogP contribution in [0.15, 0.2) is 0 Å². The Morgan fingerprint density at radius 2 is 2.06 bits per heavy atom. The van der Waals surface area contributed by atoms with E-state index in [1.165, 1.54) is 0 Å². The maximum absolute atomic E-state index is 9.75. The molecular weight excluding hydrogens is 202 g/mol. The molecule has 3 nitrogen and oxygen atoms in total. The summed E-state index contributed by atoms with van der Waals surface area (Å²) in [4.78, 5) is 2.40. The topological polar surface area (TPSA) is 32.7 Å². The zero-order chi connectivity index (χ0) is 12.6. The molecule has 1 N–H and O–H groups in total. The summed E-state index contributed by atoms with van der Waals surface area (Å²) < 4.78 is 5.87. The number of hydrogen-bond acceptors (Lipinski definition) is 3. The Hall–Kier alpha value is -0.120. The second-order valence-electron chi connectivity index (χ2n) is 6.52. The third-order valence-electron chi connectivity index (χ3n) is 3.40. The van der Waals surface area contributed by atoms with Crippen LogP contribution in [0.25, 0.3) is 0 Å². The number of hydrogen-bond donors (Lipinski definition) is 1. The van der Waals surface area contributed by atoms with Crippen molar-refractivity contribution < 1.29 is 9.84 Å². The number of nitrogens with zero attached hydrogens (tertiary/aromatic N) is 1. The molecule has 1 rings (SSSR count). The molecule has 0 aromatic rings. The van der Waals surface area contributed by atoms with Crippen LogP contribution in [0.5, 0.6) is 0 Å². The minimum Gasteiger partial charge on any atom is -0.393 e. The molecule has 0 saturated carbocycles. The average Bonchev–Trinajstić information content (AvgIpc) is 1.97. The maximum Gasteiger partial charge on any atom is 0.0757 e. The third kappa shape index (κ3) is 3.72. The number of aliphatic hydroxyl groups is 1. The summed E-state index contributed by atoms with van der Waals surface area (Å²) >= 11 is 0. The number of ether oxygens (including phenoxy) is 1. The second-order valence-corrected chi connectivity index (χ2v) is 6.52. The van der Waals surface area contributed by atoms with Crippen LogP contribution in [0.1, 0.15) is 41.5 Å². The molecule has 0 spiro atoms. The molecule has 0 aromatic heterocycles. The number of morpholine rings is 1. The standard InChI is InChI=1S/C13H27NO2/c1-10-7-14(9-13(5,6)16-10)8-12(3,4)11(2)15/h10-11,15H,7-9H2,1-6H3. The summed E-state index contributed by atoms with van der Waals surface area (Å²) in [6.45, 7) is 15.3. The van der Waals surface area contributed by atoms with Gasteiger partial charge in [-0.05, 0) is 27.7 Å². The highest BCUT2D eigenvalue weighted by Gasteiger charge is 2.35. The van der Waals surface area contributed by atoms with Crippen LogP contribution >= 0.6 is 0 Å². The summed E-state index contributed by atoms with van der Waals surface area (Å²) in [5.41, 5.74) is -0.139. The SMILES string of the molecule is CC1CN(CC(C)(C)C(C)O)CC(C)(C)O1. The zero-order valence-electron chi connectivity index (χ0n) is 11.6. The van der Waals surface area contributed by atoms with Gasteiger partial charge < -0.3 is 9.84 Å². The van der Waals surface area contributed by atoms with Crippen LogP contribution < -0.4 is 0 Å². The van der Waals surface area contributed by atoms with E-state index in [4.69, 9.17) is 4.74 Å². The van der Waals surface area contributed by atoms with Crippen molar-refractivity contribution in [2.45, 2.75) is 59.4 Å². The van der Waals surface area contributed by atoms with E-state index in [2.05, 4.69) is 39.5 Å². The lowest BCUT2D eigenvalue weighted by molar-refractivity contribution is -0.137. The van der Waals surface area contributed by atoms with Crippen LogP contribution in [-0.2, 0) is 4.74 Å². The van der Waals surface area contributed by atoms with Crippen molar-refractivity contribution >= 4 is 0 Å². The molecule has 1 saturated heterocycles. The van der Waals surface area contributed by atoms with Gasteiger partial charge in [0.15, 0.2) is 0 Å². The Balaban J connectivity index is 2.61. The quantitative estimate of drug-likeness (QED) is 0.802. The molecule has 16 heavy (non-hydrogen) atoms. The van der Waals surface area contributed by atoms with Crippen molar-refractivity contribution in [3.63, 3.8) is 0 Å². The van der Waals surface area contributed by atoms with E-state index in [1.807, 2.05) is 6.92 Å². The minimum absolute atomic E-state index is 0.0624. The Kier molecular flexibility index (Phi) is 4.04. The Morgan fingerprint density at radius 1 is 1.50 bits per heavy atom. The van der Waals surface area contributed by atoms with Crippen molar-refractivity contribution in [2.75, 3.05) is 19.6 Å². The van der Waals surface area contributed by atoms with Crippen LogP contribution in [0.2, 0.25) is 0 Å². The Labute approximate surface area is 99.8 Å². The largest absolute Gasteiger partial charge is 0.393 e. The molecule has 96 valence electrons. The first-order valence-electron chi connectivity index (χ1n) is 6.21. The van der Waals surface area contributed by atoms with Gasteiger partial charge in [0, 0.05) is 25.0 Å². The summed E-state index contributed by atoms with van der Waals surface area (Å²) in [6, 6.07) is 0. The molecule has 0 amide bonds. The van der Waals surface area contributed by atoms with Gasteiger partial charge in [0.25, 0.3) is 0 Å². The van der Waals surface area contributed by atoms with E-state index in [-0.39, 0.29) is 23.2 Å². The van der Waals surface area contributed by atoms with Gasteiger partial charge >= 0.3 is 0 Å². The monoisotopic (exact) mass is 229 g/mol. The molecule has 1 aliphatic heterocycles. The van der Waals surface area contributed by atoms with Gasteiger partial charge in [0.1, 0.15) is 0 Å². The number of rotatable bonds is 3. The van der Waals surface area contributed by atoms with E-state index < -0.39 is 0 Å². The maximum atomic E-state index is 9.75. The first kappa shape index (κ1) is 13.9. The smallest absolute Gasteiger partial charge is 0.0757 e. The van der Waals surface area contributed by atoms with E-state index >= 15 is 0 Å². The summed E-state index contributed by atoms with van der Waals surface area (Å²) in [6.07, 6.45) is -0.0117. The third-order valence-corrected chi connectivity index (χ3v) is 3.40. The first-order valence-corrected chi connectivity index (χ1v) is 6.21. The molecule has 1 aliphatic rings. The predicted octanol–water partition coefficient (Wildman–Crippen LogP) is 1.89. The normalized spacial score (nSPS) is 29.1. The molecule has 3 heteroatoms. The fourth-order valence-corrected chi connectivity index (χ4v) is 2.41. The fourth-order valence-electron chi connectivity index (χ4n) is 2.41.